The summed E-state index contributed by atoms with van der Waals surface area (Å²) in [5, 5.41) is 19.6. The Morgan fingerprint density at radius 2 is 2.06 bits per heavy atom. The minimum atomic E-state index is -0.745. The van der Waals surface area contributed by atoms with Gasteiger partial charge in [0.05, 0.1) is 6.10 Å². The van der Waals surface area contributed by atoms with E-state index in [1.54, 1.807) is 0 Å². The molecule has 1 saturated carbocycles. The maximum Gasteiger partial charge on any atom is 0.105 e. The molecule has 1 aliphatic carbocycles. The van der Waals surface area contributed by atoms with Crippen LogP contribution < -0.4 is 0 Å². The molecule has 2 rings (SSSR count). The molecule has 88 valence electrons. The van der Waals surface area contributed by atoms with Crippen LogP contribution in [-0.4, -0.2) is 16.3 Å². The van der Waals surface area contributed by atoms with Crippen molar-refractivity contribution < 1.29 is 10.2 Å². The van der Waals surface area contributed by atoms with Crippen LogP contribution in [0.2, 0.25) is 0 Å². The van der Waals surface area contributed by atoms with E-state index in [1.807, 2.05) is 25.1 Å². The number of aliphatic hydroxyl groups is 2. The lowest BCUT2D eigenvalue weighted by molar-refractivity contribution is 0.0164. The zero-order chi connectivity index (χ0) is 11.5. The van der Waals surface area contributed by atoms with Gasteiger partial charge in [-0.05, 0) is 36.3 Å². The van der Waals surface area contributed by atoms with Crippen LogP contribution in [0.5, 0.6) is 0 Å². The first kappa shape index (κ1) is 11.6. The van der Waals surface area contributed by atoms with Crippen LogP contribution in [0.4, 0.5) is 0 Å². The van der Waals surface area contributed by atoms with Gasteiger partial charge in [0.15, 0.2) is 0 Å². The van der Waals surface area contributed by atoms with E-state index in [0.717, 1.165) is 5.56 Å². The number of benzene rings is 1. The monoisotopic (exact) mass is 220 g/mol. The second-order valence-corrected chi connectivity index (χ2v) is 4.72. The zero-order valence-electron chi connectivity index (χ0n) is 9.76. The number of aliphatic hydroxyl groups excluding tert-OH is 2. The molecule has 2 nitrogen and oxygen atoms in total. The summed E-state index contributed by atoms with van der Waals surface area (Å²) < 4.78 is 0. The Morgan fingerprint density at radius 3 is 2.62 bits per heavy atom. The van der Waals surface area contributed by atoms with Gasteiger partial charge in [-0.25, -0.2) is 0 Å². The van der Waals surface area contributed by atoms with Gasteiger partial charge in [-0.2, -0.15) is 0 Å². The first-order valence-electron chi connectivity index (χ1n) is 6.18. The Morgan fingerprint density at radius 1 is 1.31 bits per heavy atom. The van der Waals surface area contributed by atoms with Crippen molar-refractivity contribution >= 4 is 0 Å². The zero-order valence-corrected chi connectivity index (χ0v) is 9.76. The highest BCUT2D eigenvalue weighted by Crippen LogP contribution is 2.37. The molecule has 0 spiro atoms. The fourth-order valence-electron chi connectivity index (χ4n) is 2.18. The molecule has 0 radical (unpaired) electrons. The van der Waals surface area contributed by atoms with E-state index in [4.69, 9.17) is 0 Å². The van der Waals surface area contributed by atoms with Crippen molar-refractivity contribution in [1.29, 1.82) is 0 Å². The Labute approximate surface area is 96.9 Å². The van der Waals surface area contributed by atoms with Gasteiger partial charge in [-0.1, -0.05) is 37.6 Å². The maximum absolute atomic E-state index is 9.94. The van der Waals surface area contributed by atoms with Crippen molar-refractivity contribution in [2.45, 2.75) is 50.7 Å². The normalized spacial score (nSPS) is 20.2. The fraction of sp³-hybridized carbons (Fsp3) is 0.571. The average molecular weight is 220 g/mol. The van der Waals surface area contributed by atoms with Crippen LogP contribution in [-0.2, 0) is 0 Å². The Hall–Kier alpha value is -0.860. The molecule has 0 amide bonds. The van der Waals surface area contributed by atoms with Gasteiger partial charge in [0.2, 0.25) is 0 Å². The molecule has 2 atom stereocenters. The molecule has 16 heavy (non-hydrogen) atoms. The van der Waals surface area contributed by atoms with Crippen LogP contribution in [0.1, 0.15) is 55.8 Å². The van der Waals surface area contributed by atoms with E-state index < -0.39 is 12.2 Å². The van der Waals surface area contributed by atoms with Crippen LogP contribution >= 0.6 is 0 Å². The van der Waals surface area contributed by atoms with E-state index in [-0.39, 0.29) is 0 Å². The summed E-state index contributed by atoms with van der Waals surface area (Å²) in [4.78, 5) is 0. The van der Waals surface area contributed by atoms with E-state index in [0.29, 0.717) is 12.3 Å². The molecule has 0 aromatic heterocycles. The van der Waals surface area contributed by atoms with Gasteiger partial charge in [0, 0.05) is 0 Å². The highest BCUT2D eigenvalue weighted by molar-refractivity contribution is 5.29. The Bertz CT molecular complexity index is 344. The molecule has 1 fully saturated rings. The quantitative estimate of drug-likeness (QED) is 0.819. The van der Waals surface area contributed by atoms with Gasteiger partial charge in [-0.15, -0.1) is 0 Å². The van der Waals surface area contributed by atoms with Crippen LogP contribution in [0.25, 0.3) is 0 Å². The third-order valence-corrected chi connectivity index (χ3v) is 3.61. The molecule has 2 unspecified atom stereocenters. The largest absolute Gasteiger partial charge is 0.390 e. The molecule has 2 N–H and O–H groups in total. The van der Waals surface area contributed by atoms with E-state index in [9.17, 15) is 10.2 Å². The lowest BCUT2D eigenvalue weighted by Crippen LogP contribution is -2.17. The van der Waals surface area contributed by atoms with Gasteiger partial charge in [0.25, 0.3) is 0 Å². The standard InChI is InChI=1S/C14H20O2/c1-2-13(15)14(16)12-8-4-7-11(9-12)10-5-3-6-10/h4,7-10,13-16H,2-3,5-6H2,1H3. The first-order valence-corrected chi connectivity index (χ1v) is 6.18. The summed E-state index contributed by atoms with van der Waals surface area (Å²) >= 11 is 0. The summed E-state index contributed by atoms with van der Waals surface area (Å²) in [5.74, 6) is 0.672. The predicted octanol–water partition coefficient (Wildman–Crippen LogP) is 2.76. The van der Waals surface area contributed by atoms with E-state index >= 15 is 0 Å². The highest BCUT2D eigenvalue weighted by Gasteiger charge is 2.21. The third kappa shape index (κ3) is 2.28. The molecule has 1 aromatic rings. The molecule has 1 aliphatic rings. The summed E-state index contributed by atoms with van der Waals surface area (Å²) in [5.41, 5.74) is 2.16. The molecule has 0 bridgehead atoms. The average Bonchev–Trinajstić information content (AvgIpc) is 2.25. The second-order valence-electron chi connectivity index (χ2n) is 4.72. The minimum absolute atomic E-state index is 0.578. The number of rotatable bonds is 4. The molecule has 0 saturated heterocycles. The molecular formula is C14H20O2. The molecule has 0 heterocycles. The number of hydrogen-bond donors (Lipinski definition) is 2. The lowest BCUT2D eigenvalue weighted by atomic mass is 9.79. The van der Waals surface area contributed by atoms with Crippen molar-refractivity contribution in [3.05, 3.63) is 35.4 Å². The first-order chi connectivity index (χ1) is 7.72. The molecule has 2 heteroatoms. The Kier molecular flexibility index (Phi) is 3.62. The van der Waals surface area contributed by atoms with Gasteiger partial charge < -0.3 is 10.2 Å². The van der Waals surface area contributed by atoms with E-state index in [1.165, 1.54) is 24.8 Å². The summed E-state index contributed by atoms with van der Waals surface area (Å²) in [6.07, 6.45) is 3.01. The SMILES string of the molecule is CCC(O)C(O)c1cccc(C2CCC2)c1. The molecule has 1 aromatic carbocycles. The lowest BCUT2D eigenvalue weighted by Gasteiger charge is -2.27. The minimum Gasteiger partial charge on any atom is -0.390 e. The van der Waals surface area contributed by atoms with Crippen molar-refractivity contribution in [3.8, 4) is 0 Å². The summed E-state index contributed by atoms with van der Waals surface area (Å²) in [7, 11) is 0. The van der Waals surface area contributed by atoms with Crippen LogP contribution in [0.15, 0.2) is 24.3 Å². The van der Waals surface area contributed by atoms with Crippen LogP contribution in [0, 0.1) is 0 Å². The van der Waals surface area contributed by atoms with Crippen molar-refractivity contribution in [2.24, 2.45) is 0 Å². The molecule has 0 aliphatic heterocycles. The smallest absolute Gasteiger partial charge is 0.105 e. The van der Waals surface area contributed by atoms with Gasteiger partial charge in [0.1, 0.15) is 6.10 Å². The van der Waals surface area contributed by atoms with Crippen molar-refractivity contribution in [2.75, 3.05) is 0 Å². The summed E-state index contributed by atoms with van der Waals surface area (Å²) in [6.45, 7) is 1.88. The van der Waals surface area contributed by atoms with Crippen LogP contribution in [0.3, 0.4) is 0 Å². The third-order valence-electron chi connectivity index (χ3n) is 3.61. The van der Waals surface area contributed by atoms with Crippen molar-refractivity contribution in [3.63, 3.8) is 0 Å². The topological polar surface area (TPSA) is 40.5 Å². The second kappa shape index (κ2) is 4.98. The summed E-state index contributed by atoms with van der Waals surface area (Å²) in [6, 6.07) is 8.05. The van der Waals surface area contributed by atoms with Crippen molar-refractivity contribution in [1.82, 2.24) is 0 Å². The van der Waals surface area contributed by atoms with Gasteiger partial charge >= 0.3 is 0 Å². The molecular weight excluding hydrogens is 200 g/mol. The van der Waals surface area contributed by atoms with Gasteiger partial charge in [-0.3, -0.25) is 0 Å². The maximum atomic E-state index is 9.94. The predicted molar refractivity (Wildman–Crippen MR) is 64.3 cm³/mol. The Balaban J connectivity index is 2.14. The number of hydrogen-bond acceptors (Lipinski definition) is 2. The highest BCUT2D eigenvalue weighted by atomic mass is 16.3. The fourth-order valence-corrected chi connectivity index (χ4v) is 2.18. The van der Waals surface area contributed by atoms with E-state index in [2.05, 4.69) is 6.07 Å².